The summed E-state index contributed by atoms with van der Waals surface area (Å²) in [5.41, 5.74) is -1.14. The molecule has 0 unspecified atom stereocenters. The van der Waals surface area contributed by atoms with Crippen LogP contribution in [0.5, 0.6) is 0 Å². The third kappa shape index (κ3) is 1.90. The van der Waals surface area contributed by atoms with Gasteiger partial charge in [0.2, 0.25) is 5.95 Å². The molecule has 128 valence electrons. The Labute approximate surface area is 139 Å². The number of rotatable bonds is 2. The minimum Gasteiger partial charge on any atom is -0.468 e. The number of carbonyl (C=O) groups excluding carboxylic acids is 1. The van der Waals surface area contributed by atoms with Gasteiger partial charge in [-0.05, 0) is 12.1 Å². The van der Waals surface area contributed by atoms with Crippen molar-refractivity contribution in [2.45, 2.75) is 12.1 Å². The largest absolute Gasteiger partial charge is 0.468 e. The second kappa shape index (κ2) is 5.17. The fraction of sp³-hybridized carbons (Fsp3) is 0.529. The summed E-state index contributed by atoms with van der Waals surface area (Å²) in [4.78, 5) is 18.9. The Morgan fingerprint density at radius 1 is 1.38 bits per heavy atom. The fourth-order valence-electron chi connectivity index (χ4n) is 4.01. The molecule has 2 aromatic rings. The number of anilines is 1. The van der Waals surface area contributed by atoms with Gasteiger partial charge in [0, 0.05) is 26.6 Å². The average Bonchev–Trinajstić information content (AvgIpc) is 3.09. The third-order valence-electron chi connectivity index (χ3n) is 5.37. The number of para-hydroxylation sites is 2. The Hall–Kier alpha value is -2.15. The maximum absolute atomic E-state index is 15.7. The minimum absolute atomic E-state index is 0.0383. The summed E-state index contributed by atoms with van der Waals surface area (Å²) >= 11 is 0. The predicted molar refractivity (Wildman–Crippen MR) is 86.7 cm³/mol. The van der Waals surface area contributed by atoms with Crippen LogP contribution in [-0.2, 0) is 21.3 Å². The zero-order valence-corrected chi connectivity index (χ0v) is 13.8. The van der Waals surface area contributed by atoms with E-state index in [1.54, 1.807) is 0 Å². The Bertz CT molecular complexity index is 807. The van der Waals surface area contributed by atoms with Crippen LogP contribution < -0.4 is 4.90 Å². The summed E-state index contributed by atoms with van der Waals surface area (Å²) in [6, 6.07) is 7.76. The molecule has 24 heavy (non-hydrogen) atoms. The van der Waals surface area contributed by atoms with Gasteiger partial charge in [0.05, 0.1) is 31.3 Å². The van der Waals surface area contributed by atoms with Crippen LogP contribution in [0.3, 0.4) is 0 Å². The molecule has 2 saturated heterocycles. The smallest absolute Gasteiger partial charge is 0.319 e. The Balaban J connectivity index is 1.78. The number of methoxy groups -OCH3 is 1. The van der Waals surface area contributed by atoms with Crippen molar-refractivity contribution in [3.63, 3.8) is 0 Å². The van der Waals surface area contributed by atoms with Crippen LogP contribution in [0.1, 0.15) is 6.42 Å². The lowest BCUT2D eigenvalue weighted by atomic mass is 9.73. The zero-order chi connectivity index (χ0) is 16.9. The summed E-state index contributed by atoms with van der Waals surface area (Å²) in [5, 5.41) is 0. The standard InChI is InChI=1S/C17H20FN3O3/c1-20-13-6-4-3-5-12(13)19-15(20)21-9-16(14(22)23-2)11-24-8-7-17(16,18)10-21/h3-6H,7-11H2,1-2H3/t16-,17+/m1/s1. The number of nitrogens with zero attached hydrogens (tertiary/aromatic N) is 3. The van der Waals surface area contributed by atoms with Crippen molar-refractivity contribution in [2.24, 2.45) is 12.5 Å². The van der Waals surface area contributed by atoms with E-state index in [2.05, 4.69) is 4.98 Å². The number of ether oxygens (including phenoxy) is 2. The molecule has 3 heterocycles. The van der Waals surface area contributed by atoms with Crippen LogP contribution in [-0.4, -0.2) is 54.6 Å². The van der Waals surface area contributed by atoms with Crippen molar-refractivity contribution < 1.29 is 18.7 Å². The first-order chi connectivity index (χ1) is 11.5. The van der Waals surface area contributed by atoms with Crippen molar-refractivity contribution in [2.75, 3.05) is 38.3 Å². The summed E-state index contributed by atoms with van der Waals surface area (Å²) in [5.74, 6) is 0.108. The van der Waals surface area contributed by atoms with Gasteiger partial charge in [-0.1, -0.05) is 12.1 Å². The van der Waals surface area contributed by atoms with Crippen molar-refractivity contribution in [3.05, 3.63) is 24.3 Å². The van der Waals surface area contributed by atoms with Crippen molar-refractivity contribution in [1.82, 2.24) is 9.55 Å². The summed E-state index contributed by atoms with van der Waals surface area (Å²) in [6.07, 6.45) is 0.183. The lowest BCUT2D eigenvalue weighted by Crippen LogP contribution is -2.56. The van der Waals surface area contributed by atoms with Crippen molar-refractivity contribution >= 4 is 23.0 Å². The molecular formula is C17H20FN3O3. The number of hydrogen-bond donors (Lipinski definition) is 0. The quantitative estimate of drug-likeness (QED) is 0.783. The van der Waals surface area contributed by atoms with Gasteiger partial charge in [0.1, 0.15) is 5.41 Å². The Morgan fingerprint density at radius 2 is 2.17 bits per heavy atom. The number of hydrogen-bond acceptors (Lipinski definition) is 5. The number of esters is 1. The number of benzene rings is 1. The molecule has 2 aliphatic rings. The fourth-order valence-corrected chi connectivity index (χ4v) is 4.01. The summed E-state index contributed by atoms with van der Waals surface area (Å²) in [7, 11) is 3.20. The highest BCUT2D eigenvalue weighted by Crippen LogP contribution is 2.49. The van der Waals surface area contributed by atoms with Gasteiger partial charge in [-0.3, -0.25) is 4.79 Å². The number of alkyl halides is 1. The Morgan fingerprint density at radius 3 is 2.92 bits per heavy atom. The molecule has 7 heteroatoms. The number of fused-ring (bicyclic) bond motifs is 2. The zero-order valence-electron chi connectivity index (χ0n) is 13.8. The number of carbonyl (C=O) groups is 1. The number of aryl methyl sites for hydroxylation is 1. The van der Waals surface area contributed by atoms with Crippen LogP contribution in [0.4, 0.5) is 10.3 Å². The van der Waals surface area contributed by atoms with Gasteiger partial charge in [-0.15, -0.1) is 0 Å². The second-order valence-electron chi connectivity index (χ2n) is 6.66. The molecule has 0 spiro atoms. The van der Waals surface area contributed by atoms with E-state index >= 15 is 4.39 Å². The van der Waals surface area contributed by atoms with Crippen molar-refractivity contribution in [1.29, 1.82) is 0 Å². The third-order valence-corrected chi connectivity index (χ3v) is 5.37. The maximum Gasteiger partial charge on any atom is 0.319 e. The highest BCUT2D eigenvalue weighted by atomic mass is 19.1. The molecule has 0 saturated carbocycles. The van der Waals surface area contributed by atoms with E-state index in [1.807, 2.05) is 40.8 Å². The second-order valence-corrected chi connectivity index (χ2v) is 6.66. The number of halogens is 1. The molecule has 4 rings (SSSR count). The maximum atomic E-state index is 15.7. The van der Waals surface area contributed by atoms with Crippen molar-refractivity contribution in [3.8, 4) is 0 Å². The van der Waals surface area contributed by atoms with Crippen LogP contribution in [0.25, 0.3) is 11.0 Å². The van der Waals surface area contributed by atoms with Crippen LogP contribution >= 0.6 is 0 Å². The SMILES string of the molecule is COC(=O)[C@@]12COCC[C@]1(F)CN(c1nc3ccccc3n1C)C2. The molecule has 0 radical (unpaired) electrons. The lowest BCUT2D eigenvalue weighted by Gasteiger charge is -2.39. The van der Waals surface area contributed by atoms with Gasteiger partial charge in [0.25, 0.3) is 0 Å². The lowest BCUT2D eigenvalue weighted by molar-refractivity contribution is -0.175. The van der Waals surface area contributed by atoms with Crippen LogP contribution in [0.15, 0.2) is 24.3 Å². The van der Waals surface area contributed by atoms with E-state index in [0.717, 1.165) is 11.0 Å². The minimum atomic E-state index is -1.67. The Kier molecular flexibility index (Phi) is 3.32. The van der Waals surface area contributed by atoms with E-state index in [-0.39, 0.29) is 26.1 Å². The molecule has 0 N–H and O–H groups in total. The number of aromatic nitrogens is 2. The molecule has 1 aromatic heterocycles. The van der Waals surface area contributed by atoms with Gasteiger partial charge in [-0.25, -0.2) is 9.37 Å². The molecule has 2 atom stereocenters. The molecular weight excluding hydrogens is 313 g/mol. The van der Waals surface area contributed by atoms with Gasteiger partial charge < -0.3 is 18.9 Å². The molecule has 1 aromatic carbocycles. The van der Waals surface area contributed by atoms with Crippen LogP contribution in [0, 0.1) is 5.41 Å². The van der Waals surface area contributed by atoms with E-state index in [9.17, 15) is 4.79 Å². The monoisotopic (exact) mass is 333 g/mol. The topological polar surface area (TPSA) is 56.6 Å². The molecule has 2 fully saturated rings. The van der Waals surface area contributed by atoms with Gasteiger partial charge in [-0.2, -0.15) is 0 Å². The average molecular weight is 333 g/mol. The number of imidazole rings is 1. The van der Waals surface area contributed by atoms with E-state index in [4.69, 9.17) is 9.47 Å². The molecule has 0 bridgehead atoms. The first-order valence-electron chi connectivity index (χ1n) is 8.02. The normalized spacial score (nSPS) is 29.7. The highest BCUT2D eigenvalue weighted by Gasteiger charge is 2.66. The first kappa shape index (κ1) is 15.4. The molecule has 2 aliphatic heterocycles. The van der Waals surface area contributed by atoms with Gasteiger partial charge in [0.15, 0.2) is 5.67 Å². The summed E-state index contributed by atoms with van der Waals surface area (Å²) < 4.78 is 28.0. The van der Waals surface area contributed by atoms with E-state index in [1.165, 1.54) is 7.11 Å². The molecule has 0 amide bonds. The predicted octanol–water partition coefficient (Wildman–Crippen LogP) is 1.68. The van der Waals surface area contributed by atoms with E-state index < -0.39 is 17.1 Å². The highest BCUT2D eigenvalue weighted by molar-refractivity contribution is 5.82. The van der Waals surface area contributed by atoms with E-state index in [0.29, 0.717) is 12.6 Å². The molecule has 6 nitrogen and oxygen atoms in total. The first-order valence-corrected chi connectivity index (χ1v) is 8.02. The molecule has 0 aliphatic carbocycles. The van der Waals surface area contributed by atoms with Crippen LogP contribution in [0.2, 0.25) is 0 Å². The van der Waals surface area contributed by atoms with Gasteiger partial charge >= 0.3 is 5.97 Å². The summed E-state index contributed by atoms with van der Waals surface area (Å²) in [6.45, 7) is 0.665.